The summed E-state index contributed by atoms with van der Waals surface area (Å²) in [5, 5.41) is 4.04. The van der Waals surface area contributed by atoms with E-state index in [-0.39, 0.29) is 0 Å². The monoisotopic (exact) mass is 384 g/mol. The van der Waals surface area contributed by atoms with Crippen molar-refractivity contribution in [2.75, 3.05) is 7.11 Å². The molecular weight excluding hydrogens is 357 g/mol. The van der Waals surface area contributed by atoms with Crippen molar-refractivity contribution in [3.05, 3.63) is 0 Å². The van der Waals surface area contributed by atoms with Crippen LogP contribution in [-0.4, -0.2) is 48.9 Å². The Morgan fingerprint density at radius 2 is 1.46 bits per heavy atom. The van der Waals surface area contributed by atoms with E-state index in [4.69, 9.17) is 4.74 Å². The molecule has 0 saturated carbocycles. The number of methoxy groups -OCH3 is 1. The number of amides is 2. The highest BCUT2D eigenvalue weighted by Crippen LogP contribution is 2.26. The predicted octanol–water partition coefficient (Wildman–Crippen LogP) is 2.39. The number of rotatable bonds is 6. The minimum Gasteiger partial charge on any atom is -0.469 e. The molecule has 0 aliphatic heterocycles. The first-order valence-electron chi connectivity index (χ1n) is 8.04. The first-order valence-corrected chi connectivity index (χ1v) is 8.04. The Balaban J connectivity index is 5.32. The van der Waals surface area contributed by atoms with Crippen molar-refractivity contribution in [2.45, 2.75) is 65.4 Å². The number of alkyl carbamates (subject to hydrolysis) is 1. The SMILES string of the molecule is COC(=O)[C@@H](C)[C@H](NC(=O)[C@@H](NC(=O)OC(C)(C)C)C(C)C)C(F)(F)F. The smallest absolute Gasteiger partial charge is 0.409 e. The van der Waals surface area contributed by atoms with E-state index in [0.29, 0.717) is 0 Å². The molecule has 0 aliphatic carbocycles. The zero-order chi connectivity index (χ0) is 20.9. The number of ether oxygens (including phenoxy) is 2. The first-order chi connectivity index (χ1) is 11.6. The molecule has 0 rings (SSSR count). The zero-order valence-electron chi connectivity index (χ0n) is 16.0. The van der Waals surface area contributed by atoms with Crippen LogP contribution < -0.4 is 10.6 Å². The fourth-order valence-electron chi connectivity index (χ4n) is 2.02. The van der Waals surface area contributed by atoms with E-state index in [1.54, 1.807) is 39.9 Å². The topological polar surface area (TPSA) is 93.7 Å². The van der Waals surface area contributed by atoms with Gasteiger partial charge >= 0.3 is 18.2 Å². The van der Waals surface area contributed by atoms with E-state index in [9.17, 15) is 27.6 Å². The van der Waals surface area contributed by atoms with Gasteiger partial charge < -0.3 is 20.1 Å². The molecule has 152 valence electrons. The van der Waals surface area contributed by atoms with Crippen LogP contribution in [0.15, 0.2) is 0 Å². The highest BCUT2D eigenvalue weighted by molar-refractivity contribution is 5.86. The molecule has 0 aromatic carbocycles. The Kier molecular flexibility index (Phi) is 8.39. The molecule has 2 N–H and O–H groups in total. The third-order valence-corrected chi connectivity index (χ3v) is 3.34. The Morgan fingerprint density at radius 1 is 0.962 bits per heavy atom. The fourth-order valence-corrected chi connectivity index (χ4v) is 2.02. The van der Waals surface area contributed by atoms with Crippen molar-refractivity contribution in [2.24, 2.45) is 11.8 Å². The molecule has 0 spiro atoms. The number of nitrogens with one attached hydrogen (secondary N) is 2. The highest BCUT2D eigenvalue weighted by Gasteiger charge is 2.48. The number of hydrogen-bond acceptors (Lipinski definition) is 5. The third kappa shape index (κ3) is 7.92. The number of hydrogen-bond donors (Lipinski definition) is 2. The van der Waals surface area contributed by atoms with Crippen LogP contribution in [0.2, 0.25) is 0 Å². The Labute approximate surface area is 151 Å². The molecule has 0 saturated heterocycles. The average molecular weight is 384 g/mol. The quantitative estimate of drug-likeness (QED) is 0.686. The normalized spacial score (nSPS) is 15.7. The number of alkyl halides is 3. The molecule has 0 heterocycles. The zero-order valence-corrected chi connectivity index (χ0v) is 16.0. The van der Waals surface area contributed by atoms with Gasteiger partial charge in [0.05, 0.1) is 13.0 Å². The maximum Gasteiger partial charge on any atom is 0.409 e. The van der Waals surface area contributed by atoms with Gasteiger partial charge in [0.2, 0.25) is 5.91 Å². The van der Waals surface area contributed by atoms with Gasteiger partial charge in [0, 0.05) is 0 Å². The number of halogens is 3. The second-order valence-electron chi connectivity index (χ2n) is 7.21. The summed E-state index contributed by atoms with van der Waals surface area (Å²) in [5.41, 5.74) is -0.837. The molecule has 0 aromatic heterocycles. The largest absolute Gasteiger partial charge is 0.469 e. The maximum atomic E-state index is 13.2. The van der Waals surface area contributed by atoms with Gasteiger partial charge in [-0.2, -0.15) is 13.2 Å². The van der Waals surface area contributed by atoms with Crippen LogP contribution in [0.5, 0.6) is 0 Å². The maximum absolute atomic E-state index is 13.2. The number of esters is 1. The molecular formula is C16H27F3N2O5. The van der Waals surface area contributed by atoms with Crippen LogP contribution in [0, 0.1) is 11.8 Å². The van der Waals surface area contributed by atoms with E-state index in [2.05, 4.69) is 10.1 Å². The minimum atomic E-state index is -4.88. The summed E-state index contributed by atoms with van der Waals surface area (Å²) in [4.78, 5) is 35.6. The predicted molar refractivity (Wildman–Crippen MR) is 87.2 cm³/mol. The molecule has 0 fully saturated rings. The second-order valence-corrected chi connectivity index (χ2v) is 7.21. The van der Waals surface area contributed by atoms with Crippen molar-refractivity contribution in [3.63, 3.8) is 0 Å². The molecule has 7 nitrogen and oxygen atoms in total. The summed E-state index contributed by atoms with van der Waals surface area (Å²) in [5.74, 6) is -4.37. The molecule has 26 heavy (non-hydrogen) atoms. The lowest BCUT2D eigenvalue weighted by Gasteiger charge is -2.29. The van der Waals surface area contributed by atoms with Crippen LogP contribution >= 0.6 is 0 Å². The van der Waals surface area contributed by atoms with Gasteiger partial charge in [0.1, 0.15) is 17.7 Å². The first kappa shape index (κ1) is 24.0. The molecule has 10 heteroatoms. The molecule has 0 bridgehead atoms. The lowest BCUT2D eigenvalue weighted by molar-refractivity contribution is -0.181. The summed E-state index contributed by atoms with van der Waals surface area (Å²) in [7, 11) is 0.953. The van der Waals surface area contributed by atoms with E-state index in [1.807, 2.05) is 0 Å². The molecule has 0 aromatic rings. The number of carbonyl (C=O) groups is 3. The summed E-state index contributed by atoms with van der Waals surface area (Å²) in [6.45, 7) is 8.91. The summed E-state index contributed by atoms with van der Waals surface area (Å²) < 4.78 is 49.1. The summed E-state index contributed by atoms with van der Waals surface area (Å²) in [6.07, 6.45) is -5.81. The van der Waals surface area contributed by atoms with Gasteiger partial charge in [-0.05, 0) is 33.6 Å². The van der Waals surface area contributed by atoms with Gasteiger partial charge in [-0.3, -0.25) is 9.59 Å². The van der Waals surface area contributed by atoms with Gasteiger partial charge in [-0.25, -0.2) is 4.79 Å². The van der Waals surface area contributed by atoms with Gasteiger partial charge in [0.15, 0.2) is 0 Å². The molecule has 0 unspecified atom stereocenters. The van der Waals surface area contributed by atoms with Gasteiger partial charge in [-0.1, -0.05) is 13.8 Å². The lowest BCUT2D eigenvalue weighted by atomic mass is 9.99. The molecule has 0 radical (unpaired) electrons. The van der Waals surface area contributed by atoms with Crippen molar-refractivity contribution in [1.29, 1.82) is 0 Å². The van der Waals surface area contributed by atoms with Crippen molar-refractivity contribution >= 4 is 18.0 Å². The van der Waals surface area contributed by atoms with Crippen LogP contribution in [0.3, 0.4) is 0 Å². The van der Waals surface area contributed by atoms with E-state index < -0.39 is 53.7 Å². The van der Waals surface area contributed by atoms with E-state index in [1.165, 1.54) is 0 Å². The third-order valence-electron chi connectivity index (χ3n) is 3.34. The minimum absolute atomic E-state index is 0.523. The standard InChI is InChI=1S/C16H27F3N2O5/c1-8(2)10(20-14(24)26-15(4,5)6)12(22)21-11(16(17,18)19)9(3)13(23)25-7/h8-11H,1-7H3,(H,20,24)(H,21,22)/t9-,10-,11-/m0/s1. The van der Waals surface area contributed by atoms with Crippen molar-refractivity contribution in [1.82, 2.24) is 10.6 Å². The van der Waals surface area contributed by atoms with E-state index >= 15 is 0 Å². The average Bonchev–Trinajstić information content (AvgIpc) is 2.45. The van der Waals surface area contributed by atoms with Crippen LogP contribution in [-0.2, 0) is 19.1 Å². The highest BCUT2D eigenvalue weighted by atomic mass is 19.4. The lowest BCUT2D eigenvalue weighted by Crippen LogP contribution is -2.58. The Morgan fingerprint density at radius 3 is 1.81 bits per heavy atom. The summed E-state index contributed by atoms with van der Waals surface area (Å²) in [6, 6.07) is -3.73. The molecule has 0 aliphatic rings. The fraction of sp³-hybridized carbons (Fsp3) is 0.812. The Hall–Kier alpha value is -2.00. The van der Waals surface area contributed by atoms with Crippen molar-refractivity contribution in [3.8, 4) is 0 Å². The molecule has 3 atom stereocenters. The Bertz CT molecular complexity index is 515. The van der Waals surface area contributed by atoms with Gasteiger partial charge in [0.25, 0.3) is 0 Å². The number of carbonyl (C=O) groups excluding carboxylic acids is 3. The second kappa shape index (κ2) is 9.09. The van der Waals surface area contributed by atoms with Gasteiger partial charge in [-0.15, -0.1) is 0 Å². The van der Waals surface area contributed by atoms with Crippen molar-refractivity contribution < 1.29 is 37.0 Å². The van der Waals surface area contributed by atoms with Crippen LogP contribution in [0.1, 0.15) is 41.5 Å². The molecule has 2 amide bonds. The summed E-state index contributed by atoms with van der Waals surface area (Å²) >= 11 is 0. The van der Waals surface area contributed by atoms with Crippen LogP contribution in [0.4, 0.5) is 18.0 Å². The van der Waals surface area contributed by atoms with E-state index in [0.717, 1.165) is 14.0 Å². The van der Waals surface area contributed by atoms with Crippen LogP contribution in [0.25, 0.3) is 0 Å².